The highest BCUT2D eigenvalue weighted by Crippen LogP contribution is 2.39. The molecule has 2 aromatic carbocycles. The summed E-state index contributed by atoms with van der Waals surface area (Å²) < 4.78 is 0. The highest BCUT2D eigenvalue weighted by molar-refractivity contribution is 7.13. The lowest BCUT2D eigenvalue weighted by molar-refractivity contribution is 0.432. The summed E-state index contributed by atoms with van der Waals surface area (Å²) in [6, 6.07) is 13.8. The molecular formula is C25H29NS. The fourth-order valence-electron chi connectivity index (χ4n) is 4.40. The molecule has 2 N–H and O–H groups in total. The fourth-order valence-corrected chi connectivity index (χ4v) is 5.31. The highest BCUT2D eigenvalue weighted by Gasteiger charge is 2.27. The first-order valence-electron chi connectivity index (χ1n) is 9.90. The maximum absolute atomic E-state index is 6.04. The van der Waals surface area contributed by atoms with E-state index >= 15 is 0 Å². The quantitative estimate of drug-likeness (QED) is 0.499. The summed E-state index contributed by atoms with van der Waals surface area (Å²) in [5.41, 5.74) is 16.9. The molecule has 1 heterocycles. The van der Waals surface area contributed by atoms with Gasteiger partial charge in [0, 0.05) is 10.6 Å². The van der Waals surface area contributed by atoms with Gasteiger partial charge in [-0.1, -0.05) is 38.1 Å². The van der Waals surface area contributed by atoms with E-state index in [9.17, 15) is 0 Å². The smallest absolute Gasteiger partial charge is 0.0346 e. The van der Waals surface area contributed by atoms with Crippen LogP contribution in [-0.4, -0.2) is 0 Å². The predicted molar refractivity (Wildman–Crippen MR) is 119 cm³/mol. The molecule has 4 rings (SSSR count). The zero-order valence-electron chi connectivity index (χ0n) is 16.9. The van der Waals surface area contributed by atoms with Crippen molar-refractivity contribution in [1.82, 2.24) is 0 Å². The summed E-state index contributed by atoms with van der Waals surface area (Å²) in [5.74, 6) is 0. The standard InChI is InChI=1S/C25H29NS/c1-16-11-23(26)17(2)10-21(16)12-18-13-24(27-15-18)20-7-8-22-19(14-20)6-5-9-25(22,3)4/h7-8,10-11,13-15H,5-6,9,12,26H2,1-4H3. The molecule has 0 spiro atoms. The van der Waals surface area contributed by atoms with Crippen molar-refractivity contribution < 1.29 is 0 Å². The molecule has 1 aromatic heterocycles. The molecule has 0 unspecified atom stereocenters. The van der Waals surface area contributed by atoms with Crippen molar-refractivity contribution in [3.05, 3.63) is 75.2 Å². The van der Waals surface area contributed by atoms with Crippen molar-refractivity contribution in [2.45, 2.75) is 58.8 Å². The number of nitrogens with two attached hydrogens (primary N) is 1. The van der Waals surface area contributed by atoms with E-state index in [0.29, 0.717) is 5.41 Å². The van der Waals surface area contributed by atoms with Crippen LogP contribution in [0.5, 0.6) is 0 Å². The Hall–Kier alpha value is -2.06. The van der Waals surface area contributed by atoms with Gasteiger partial charge in [0.1, 0.15) is 0 Å². The Morgan fingerprint density at radius 1 is 1.04 bits per heavy atom. The number of rotatable bonds is 3. The summed E-state index contributed by atoms with van der Waals surface area (Å²) in [6.45, 7) is 9.01. The summed E-state index contributed by atoms with van der Waals surface area (Å²) in [6.07, 6.45) is 4.79. The van der Waals surface area contributed by atoms with Gasteiger partial charge in [0.05, 0.1) is 0 Å². The van der Waals surface area contributed by atoms with Crippen molar-refractivity contribution in [2.24, 2.45) is 0 Å². The first kappa shape index (κ1) is 18.3. The molecule has 1 nitrogen and oxygen atoms in total. The third kappa shape index (κ3) is 3.55. The van der Waals surface area contributed by atoms with Crippen molar-refractivity contribution in [1.29, 1.82) is 0 Å². The first-order chi connectivity index (χ1) is 12.8. The van der Waals surface area contributed by atoms with Crippen molar-refractivity contribution in [2.75, 3.05) is 5.73 Å². The van der Waals surface area contributed by atoms with Gasteiger partial charge in [0.2, 0.25) is 0 Å². The van der Waals surface area contributed by atoms with E-state index in [2.05, 4.69) is 69.5 Å². The van der Waals surface area contributed by atoms with E-state index < -0.39 is 0 Å². The Kier molecular flexibility index (Phi) is 4.63. The molecule has 0 saturated carbocycles. The SMILES string of the molecule is Cc1cc(Cc2csc(-c3ccc4c(c3)CCCC4(C)C)c2)c(C)cc1N. The van der Waals surface area contributed by atoms with Crippen molar-refractivity contribution in [3.8, 4) is 10.4 Å². The topological polar surface area (TPSA) is 26.0 Å². The minimum Gasteiger partial charge on any atom is -0.399 e. The second kappa shape index (κ2) is 6.83. The summed E-state index contributed by atoms with van der Waals surface area (Å²) in [4.78, 5) is 1.38. The van der Waals surface area contributed by atoms with E-state index in [1.165, 1.54) is 52.0 Å². The van der Waals surface area contributed by atoms with Crippen LogP contribution >= 0.6 is 11.3 Å². The van der Waals surface area contributed by atoms with E-state index in [1.54, 1.807) is 11.1 Å². The average molecular weight is 376 g/mol. The Morgan fingerprint density at radius 3 is 2.67 bits per heavy atom. The molecule has 140 valence electrons. The Labute approximate surface area is 167 Å². The number of hydrogen-bond acceptors (Lipinski definition) is 2. The van der Waals surface area contributed by atoms with Gasteiger partial charge in [-0.2, -0.15) is 0 Å². The zero-order chi connectivity index (χ0) is 19.2. The van der Waals surface area contributed by atoms with Gasteiger partial charge in [-0.25, -0.2) is 0 Å². The van der Waals surface area contributed by atoms with E-state index in [-0.39, 0.29) is 0 Å². The summed E-state index contributed by atoms with van der Waals surface area (Å²) in [5, 5.41) is 2.31. The Balaban J connectivity index is 1.61. The maximum Gasteiger partial charge on any atom is 0.0346 e. The van der Waals surface area contributed by atoms with Crippen LogP contribution in [0.15, 0.2) is 41.8 Å². The van der Waals surface area contributed by atoms with Crippen LogP contribution in [0.3, 0.4) is 0 Å². The van der Waals surface area contributed by atoms with Crippen LogP contribution < -0.4 is 5.73 Å². The van der Waals surface area contributed by atoms with E-state index in [4.69, 9.17) is 5.73 Å². The van der Waals surface area contributed by atoms with E-state index in [1.807, 2.05) is 11.3 Å². The number of anilines is 1. The molecule has 0 amide bonds. The number of thiophene rings is 1. The molecule has 1 aliphatic carbocycles. The number of aryl methyl sites for hydroxylation is 3. The lowest BCUT2D eigenvalue weighted by atomic mass is 9.72. The molecule has 0 atom stereocenters. The number of benzene rings is 2. The largest absolute Gasteiger partial charge is 0.399 e. The molecule has 2 heteroatoms. The normalized spacial score (nSPS) is 15.6. The average Bonchev–Trinajstić information content (AvgIpc) is 3.08. The number of nitrogen functional groups attached to an aromatic ring is 1. The minimum absolute atomic E-state index is 0.317. The van der Waals surface area contributed by atoms with Crippen LogP contribution in [0.2, 0.25) is 0 Å². The molecule has 1 aliphatic rings. The first-order valence-corrected chi connectivity index (χ1v) is 10.8. The second-order valence-corrected chi connectivity index (χ2v) is 9.65. The van der Waals surface area contributed by atoms with E-state index in [0.717, 1.165) is 12.1 Å². The van der Waals surface area contributed by atoms with Gasteiger partial charge in [0.25, 0.3) is 0 Å². The van der Waals surface area contributed by atoms with Gasteiger partial charge in [-0.3, -0.25) is 0 Å². The molecule has 0 bridgehead atoms. The summed E-state index contributed by atoms with van der Waals surface area (Å²) in [7, 11) is 0. The molecule has 0 saturated heterocycles. The molecular weight excluding hydrogens is 346 g/mol. The zero-order valence-corrected chi connectivity index (χ0v) is 17.7. The highest BCUT2D eigenvalue weighted by atomic mass is 32.1. The van der Waals surface area contributed by atoms with Gasteiger partial charge in [-0.05, 0) is 101 Å². The van der Waals surface area contributed by atoms with Crippen molar-refractivity contribution in [3.63, 3.8) is 0 Å². The molecule has 0 aliphatic heterocycles. The number of fused-ring (bicyclic) bond motifs is 1. The Bertz CT molecular complexity index is 994. The minimum atomic E-state index is 0.317. The molecule has 0 radical (unpaired) electrons. The molecule has 0 fully saturated rings. The van der Waals surface area contributed by atoms with Gasteiger partial charge < -0.3 is 5.73 Å². The molecule has 27 heavy (non-hydrogen) atoms. The van der Waals surface area contributed by atoms with Gasteiger partial charge >= 0.3 is 0 Å². The second-order valence-electron chi connectivity index (χ2n) is 8.74. The monoisotopic (exact) mass is 375 g/mol. The number of hydrogen-bond donors (Lipinski definition) is 1. The maximum atomic E-state index is 6.04. The van der Waals surface area contributed by atoms with Crippen LogP contribution in [0, 0.1) is 13.8 Å². The van der Waals surface area contributed by atoms with Gasteiger partial charge in [-0.15, -0.1) is 11.3 Å². The fraction of sp³-hybridized carbons (Fsp3) is 0.360. The van der Waals surface area contributed by atoms with Crippen LogP contribution in [-0.2, 0) is 18.3 Å². The lowest BCUT2D eigenvalue weighted by Crippen LogP contribution is -2.23. The van der Waals surface area contributed by atoms with Crippen LogP contribution in [0.4, 0.5) is 5.69 Å². The van der Waals surface area contributed by atoms with Crippen LogP contribution in [0.25, 0.3) is 10.4 Å². The third-order valence-corrected chi connectivity index (χ3v) is 7.17. The van der Waals surface area contributed by atoms with Gasteiger partial charge in [0.15, 0.2) is 0 Å². The lowest BCUT2D eigenvalue weighted by Gasteiger charge is -2.32. The predicted octanol–water partition coefficient (Wildman–Crippen LogP) is 6.82. The Morgan fingerprint density at radius 2 is 1.85 bits per heavy atom. The molecule has 3 aromatic rings. The van der Waals surface area contributed by atoms with Crippen LogP contribution in [0.1, 0.15) is 60.1 Å². The summed E-state index contributed by atoms with van der Waals surface area (Å²) >= 11 is 1.86. The third-order valence-electron chi connectivity index (χ3n) is 6.14. The van der Waals surface area contributed by atoms with Crippen molar-refractivity contribution >= 4 is 17.0 Å².